The van der Waals surface area contributed by atoms with Gasteiger partial charge in [0, 0.05) is 18.5 Å². The normalized spacial score (nSPS) is 24.4. The van der Waals surface area contributed by atoms with Crippen molar-refractivity contribution in [3.05, 3.63) is 35.9 Å². The number of carboxylic acid groups (broad SMARTS) is 1. The average molecular weight is 445 g/mol. The number of hydrogen-bond acceptors (Lipinski definition) is 5. The number of likely N-dealkylation sites (tertiary alicyclic amines) is 1. The maximum atomic E-state index is 13.4. The fourth-order valence-corrected chi connectivity index (χ4v) is 5.16. The van der Waals surface area contributed by atoms with Gasteiger partial charge < -0.3 is 20.1 Å². The van der Waals surface area contributed by atoms with E-state index in [1.165, 1.54) is 0 Å². The molecule has 2 N–H and O–H groups in total. The Bertz CT molecular complexity index is 784. The first-order chi connectivity index (χ1) is 15.4. The van der Waals surface area contributed by atoms with E-state index in [1.807, 2.05) is 37.3 Å². The molecule has 0 bridgehead atoms. The Morgan fingerprint density at radius 1 is 1.19 bits per heavy atom. The maximum Gasteiger partial charge on any atom is 0.328 e. The number of nitrogens with zero attached hydrogens (tertiary/aromatic N) is 1. The van der Waals surface area contributed by atoms with Crippen LogP contribution < -0.4 is 5.32 Å². The Balaban J connectivity index is 1.61. The second-order valence-corrected chi connectivity index (χ2v) is 9.09. The maximum absolute atomic E-state index is 13.4. The van der Waals surface area contributed by atoms with Crippen LogP contribution in [0.25, 0.3) is 0 Å². The van der Waals surface area contributed by atoms with E-state index in [0.717, 1.165) is 31.2 Å². The van der Waals surface area contributed by atoms with Crippen LogP contribution in [0.15, 0.2) is 30.3 Å². The zero-order valence-corrected chi connectivity index (χ0v) is 19.2. The molecule has 1 aliphatic heterocycles. The fourth-order valence-electron chi connectivity index (χ4n) is 5.16. The van der Waals surface area contributed by atoms with E-state index in [0.29, 0.717) is 31.8 Å². The molecule has 176 valence electrons. The third kappa shape index (κ3) is 5.88. The molecular formula is C25H36N2O5. The number of aliphatic carboxylic acids is 1. The third-order valence-electron chi connectivity index (χ3n) is 6.86. The lowest BCUT2D eigenvalue weighted by atomic mass is 9.84. The van der Waals surface area contributed by atoms with Gasteiger partial charge in [-0.2, -0.15) is 0 Å². The van der Waals surface area contributed by atoms with Crippen molar-refractivity contribution in [3.63, 3.8) is 0 Å². The molecule has 5 unspecified atom stereocenters. The number of rotatable bonds is 10. The van der Waals surface area contributed by atoms with Gasteiger partial charge in [0.2, 0.25) is 5.91 Å². The summed E-state index contributed by atoms with van der Waals surface area (Å²) in [6.45, 7) is 4.14. The molecule has 7 heteroatoms. The molecule has 7 nitrogen and oxygen atoms in total. The third-order valence-corrected chi connectivity index (χ3v) is 6.86. The zero-order valence-electron chi connectivity index (χ0n) is 19.2. The van der Waals surface area contributed by atoms with Crippen LogP contribution in [0.2, 0.25) is 0 Å². The molecule has 1 aromatic rings. The molecule has 5 atom stereocenters. The summed E-state index contributed by atoms with van der Waals surface area (Å²) in [5.41, 5.74) is 1.09. The summed E-state index contributed by atoms with van der Waals surface area (Å²) >= 11 is 0. The number of carbonyl (C=O) groups is 3. The lowest BCUT2D eigenvalue weighted by molar-refractivity contribution is -0.155. The van der Waals surface area contributed by atoms with Crippen LogP contribution in [0.5, 0.6) is 0 Å². The summed E-state index contributed by atoms with van der Waals surface area (Å²) in [4.78, 5) is 39.5. The number of esters is 1. The van der Waals surface area contributed by atoms with Gasteiger partial charge in [0.05, 0.1) is 6.61 Å². The minimum absolute atomic E-state index is 0.0847. The van der Waals surface area contributed by atoms with Gasteiger partial charge in [-0.1, -0.05) is 50.1 Å². The van der Waals surface area contributed by atoms with Crippen molar-refractivity contribution in [1.82, 2.24) is 10.2 Å². The van der Waals surface area contributed by atoms with E-state index in [1.54, 1.807) is 11.8 Å². The van der Waals surface area contributed by atoms with Gasteiger partial charge in [0.1, 0.15) is 12.1 Å². The van der Waals surface area contributed by atoms with Crippen molar-refractivity contribution in [2.24, 2.45) is 11.8 Å². The molecule has 0 spiro atoms. The summed E-state index contributed by atoms with van der Waals surface area (Å²) < 4.78 is 5.27. The number of ether oxygens (including phenoxy) is 1. The van der Waals surface area contributed by atoms with E-state index >= 15 is 0 Å². The number of fused-ring (bicyclic) bond motifs is 1. The Morgan fingerprint density at radius 3 is 2.59 bits per heavy atom. The van der Waals surface area contributed by atoms with Crippen molar-refractivity contribution in [3.8, 4) is 0 Å². The van der Waals surface area contributed by atoms with E-state index < -0.39 is 24.0 Å². The lowest BCUT2D eigenvalue weighted by Crippen LogP contribution is -2.51. The van der Waals surface area contributed by atoms with E-state index in [4.69, 9.17) is 4.74 Å². The highest BCUT2D eigenvalue weighted by Crippen LogP contribution is 2.40. The molecule has 2 aliphatic rings. The summed E-state index contributed by atoms with van der Waals surface area (Å²) in [6, 6.07) is 8.60. The zero-order chi connectivity index (χ0) is 23.1. The van der Waals surface area contributed by atoms with E-state index in [2.05, 4.69) is 5.32 Å². The van der Waals surface area contributed by atoms with Gasteiger partial charge in [0.15, 0.2) is 0 Å². The first-order valence-electron chi connectivity index (χ1n) is 11.9. The Hall–Kier alpha value is -2.41. The number of carbonyl (C=O) groups excluding carboxylic acids is 2. The highest BCUT2D eigenvalue weighted by Gasteiger charge is 2.48. The van der Waals surface area contributed by atoms with Gasteiger partial charge in [0.25, 0.3) is 0 Å². The molecule has 1 aliphatic carbocycles. The largest absolute Gasteiger partial charge is 0.480 e. The first-order valence-corrected chi connectivity index (χ1v) is 11.9. The Morgan fingerprint density at radius 2 is 1.91 bits per heavy atom. The lowest BCUT2D eigenvalue weighted by Gasteiger charge is -2.35. The standard InChI is InChI=1S/C25H36N2O5/c1-3-32-25(31)22-15-19-11-7-8-12-21(19)27(22)23(28)17(2)16-26-20(24(29)30)14-13-18-9-5-4-6-10-18/h4-6,9-10,17,19-22,26H,3,7-8,11-16H2,1-2H3,(H,29,30). The van der Waals surface area contributed by atoms with Crippen LogP contribution in [-0.2, 0) is 25.5 Å². The predicted molar refractivity (Wildman–Crippen MR) is 121 cm³/mol. The molecule has 1 amide bonds. The summed E-state index contributed by atoms with van der Waals surface area (Å²) in [5, 5.41) is 12.7. The van der Waals surface area contributed by atoms with Gasteiger partial charge in [-0.15, -0.1) is 0 Å². The Labute approximate surface area is 190 Å². The molecule has 0 radical (unpaired) electrons. The van der Waals surface area contributed by atoms with Crippen molar-refractivity contribution >= 4 is 17.8 Å². The summed E-state index contributed by atoms with van der Waals surface area (Å²) in [6.07, 6.45) is 5.92. The van der Waals surface area contributed by atoms with Crippen LogP contribution in [0.1, 0.15) is 57.9 Å². The Kier molecular flexibility index (Phi) is 8.67. The van der Waals surface area contributed by atoms with Crippen LogP contribution >= 0.6 is 0 Å². The van der Waals surface area contributed by atoms with Gasteiger partial charge >= 0.3 is 11.9 Å². The van der Waals surface area contributed by atoms with Crippen molar-refractivity contribution in [1.29, 1.82) is 0 Å². The van der Waals surface area contributed by atoms with Gasteiger partial charge in [-0.25, -0.2) is 4.79 Å². The first kappa shape index (κ1) is 24.2. The average Bonchev–Trinajstić information content (AvgIpc) is 3.18. The highest BCUT2D eigenvalue weighted by molar-refractivity contribution is 5.87. The monoisotopic (exact) mass is 444 g/mol. The fraction of sp³-hybridized carbons (Fsp3) is 0.640. The van der Waals surface area contributed by atoms with Crippen molar-refractivity contribution in [2.45, 2.75) is 76.9 Å². The van der Waals surface area contributed by atoms with Crippen LogP contribution in [-0.4, -0.2) is 59.1 Å². The number of aryl methyl sites for hydroxylation is 1. The molecule has 3 rings (SSSR count). The molecule has 1 saturated heterocycles. The number of nitrogens with one attached hydrogen (secondary N) is 1. The second kappa shape index (κ2) is 11.5. The second-order valence-electron chi connectivity index (χ2n) is 9.09. The summed E-state index contributed by atoms with van der Waals surface area (Å²) in [5.74, 6) is -1.40. The van der Waals surface area contributed by atoms with Crippen molar-refractivity contribution in [2.75, 3.05) is 13.2 Å². The smallest absolute Gasteiger partial charge is 0.328 e. The molecular weight excluding hydrogens is 408 g/mol. The molecule has 2 fully saturated rings. The van der Waals surface area contributed by atoms with E-state index in [-0.39, 0.29) is 24.5 Å². The summed E-state index contributed by atoms with van der Waals surface area (Å²) in [7, 11) is 0. The minimum atomic E-state index is -0.918. The quantitative estimate of drug-likeness (QED) is 0.539. The van der Waals surface area contributed by atoms with Crippen LogP contribution in [0, 0.1) is 11.8 Å². The predicted octanol–water partition coefficient (Wildman–Crippen LogP) is 3.02. The topological polar surface area (TPSA) is 95.9 Å². The van der Waals surface area contributed by atoms with Gasteiger partial charge in [-0.3, -0.25) is 9.59 Å². The molecule has 32 heavy (non-hydrogen) atoms. The van der Waals surface area contributed by atoms with E-state index in [9.17, 15) is 19.5 Å². The number of carboxylic acids is 1. The molecule has 1 saturated carbocycles. The molecule has 1 heterocycles. The number of amides is 1. The minimum Gasteiger partial charge on any atom is -0.480 e. The SMILES string of the molecule is CCOC(=O)C1CC2CCCCC2N1C(=O)C(C)CNC(CCc1ccccc1)C(=O)O. The number of hydrogen-bond donors (Lipinski definition) is 2. The molecule has 0 aromatic heterocycles. The van der Waals surface area contributed by atoms with Crippen LogP contribution in [0.4, 0.5) is 0 Å². The van der Waals surface area contributed by atoms with Crippen molar-refractivity contribution < 1.29 is 24.2 Å². The highest BCUT2D eigenvalue weighted by atomic mass is 16.5. The van der Waals surface area contributed by atoms with Gasteiger partial charge in [-0.05, 0) is 50.5 Å². The number of benzene rings is 1. The molecule has 1 aromatic carbocycles. The van der Waals surface area contributed by atoms with Crippen LogP contribution in [0.3, 0.4) is 0 Å².